The highest BCUT2D eigenvalue weighted by Gasteiger charge is 2.22. The van der Waals surface area contributed by atoms with Gasteiger partial charge in [-0.15, -0.1) is 6.58 Å². The molecule has 2 aliphatic heterocycles. The highest BCUT2D eigenvalue weighted by atomic mass is 16.5. The Morgan fingerprint density at radius 1 is 1.60 bits per heavy atom. The van der Waals surface area contributed by atoms with Gasteiger partial charge in [-0.25, -0.2) is 4.79 Å². The van der Waals surface area contributed by atoms with Crippen LogP contribution in [-0.2, 0) is 14.3 Å². The molecule has 2 rings (SSSR count). The Bertz CT molecular complexity index is 421. The van der Waals surface area contributed by atoms with Gasteiger partial charge in [0, 0.05) is 13.0 Å². The molecule has 0 saturated carbocycles. The van der Waals surface area contributed by atoms with Gasteiger partial charge < -0.3 is 14.8 Å². The van der Waals surface area contributed by atoms with Crippen molar-refractivity contribution in [3.63, 3.8) is 0 Å². The molecule has 4 heteroatoms. The molecule has 1 N–H and O–H groups in total. The lowest BCUT2D eigenvalue weighted by Gasteiger charge is -2.23. The lowest BCUT2D eigenvalue weighted by Crippen LogP contribution is -2.24. The quantitative estimate of drug-likeness (QED) is 0.634. The molecular formula is C16H23NO3. The normalized spacial score (nSPS) is 20.5. The zero-order chi connectivity index (χ0) is 14.8. The van der Waals surface area contributed by atoms with E-state index in [0.717, 1.165) is 19.4 Å². The molecule has 2 heterocycles. The smallest absolute Gasteiger partial charge is 0.334 e. The molecule has 0 aromatic carbocycles. The SMILES string of the molecule is C=CC.COC1=CC(=O)OC(CCC2=CC=CNC2)C1. The average Bonchev–Trinajstić information content (AvgIpc) is 2.46. The van der Waals surface area contributed by atoms with Gasteiger partial charge in [-0.2, -0.15) is 0 Å². The van der Waals surface area contributed by atoms with E-state index in [2.05, 4.69) is 18.0 Å². The maximum absolute atomic E-state index is 11.3. The first-order valence-electron chi connectivity index (χ1n) is 6.79. The number of carbonyl (C=O) groups excluding carboxylic acids is 1. The summed E-state index contributed by atoms with van der Waals surface area (Å²) in [7, 11) is 1.58. The van der Waals surface area contributed by atoms with Crippen LogP contribution in [-0.4, -0.2) is 25.7 Å². The van der Waals surface area contributed by atoms with Crippen molar-refractivity contribution in [1.29, 1.82) is 0 Å². The number of esters is 1. The number of methoxy groups -OCH3 is 1. The van der Waals surface area contributed by atoms with Gasteiger partial charge in [-0.05, 0) is 32.0 Å². The molecule has 0 aromatic heterocycles. The highest BCUT2D eigenvalue weighted by Crippen LogP contribution is 2.21. The van der Waals surface area contributed by atoms with Gasteiger partial charge in [-0.3, -0.25) is 0 Å². The second kappa shape index (κ2) is 9.02. The Hall–Kier alpha value is -1.97. The molecular weight excluding hydrogens is 254 g/mol. The number of hydrogen-bond donors (Lipinski definition) is 1. The van der Waals surface area contributed by atoms with Gasteiger partial charge >= 0.3 is 5.97 Å². The first kappa shape index (κ1) is 16.1. The van der Waals surface area contributed by atoms with Crippen LogP contribution < -0.4 is 5.32 Å². The third kappa shape index (κ3) is 5.78. The number of cyclic esters (lactones) is 1. The van der Waals surface area contributed by atoms with Crippen LogP contribution in [0.3, 0.4) is 0 Å². The van der Waals surface area contributed by atoms with Crippen LogP contribution in [0.1, 0.15) is 26.2 Å². The molecule has 0 aromatic rings. The molecule has 0 radical (unpaired) electrons. The summed E-state index contributed by atoms with van der Waals surface area (Å²) < 4.78 is 10.4. The lowest BCUT2D eigenvalue weighted by atomic mass is 10.0. The molecule has 0 bridgehead atoms. The van der Waals surface area contributed by atoms with Crippen LogP contribution >= 0.6 is 0 Å². The largest absolute Gasteiger partial charge is 0.501 e. The van der Waals surface area contributed by atoms with Crippen LogP contribution in [0.4, 0.5) is 0 Å². The summed E-state index contributed by atoms with van der Waals surface area (Å²) in [5.74, 6) is 0.413. The topological polar surface area (TPSA) is 47.6 Å². The average molecular weight is 277 g/mol. The van der Waals surface area contributed by atoms with Crippen LogP contribution in [0.5, 0.6) is 0 Å². The van der Waals surface area contributed by atoms with Gasteiger partial charge in [0.25, 0.3) is 0 Å². The fraction of sp³-hybridized carbons (Fsp3) is 0.438. The van der Waals surface area contributed by atoms with Crippen LogP contribution in [0, 0.1) is 0 Å². The Balaban J connectivity index is 0.000000612. The summed E-state index contributed by atoms with van der Waals surface area (Å²) in [5.41, 5.74) is 1.33. The van der Waals surface area contributed by atoms with Crippen molar-refractivity contribution in [2.45, 2.75) is 32.3 Å². The maximum atomic E-state index is 11.3. The van der Waals surface area contributed by atoms with Crippen LogP contribution in [0.25, 0.3) is 0 Å². The number of nitrogens with one attached hydrogen (secondary N) is 1. The summed E-state index contributed by atoms with van der Waals surface area (Å²) in [4.78, 5) is 11.3. The second-order valence-corrected chi connectivity index (χ2v) is 4.59. The number of ether oxygens (including phenoxy) is 2. The molecule has 0 spiro atoms. The van der Waals surface area contributed by atoms with Gasteiger partial charge in [-0.1, -0.05) is 17.7 Å². The summed E-state index contributed by atoms with van der Waals surface area (Å²) in [5, 5.41) is 3.16. The second-order valence-electron chi connectivity index (χ2n) is 4.59. The van der Waals surface area contributed by atoms with E-state index in [-0.39, 0.29) is 12.1 Å². The van der Waals surface area contributed by atoms with Crippen molar-refractivity contribution in [2.75, 3.05) is 13.7 Å². The van der Waals surface area contributed by atoms with Crippen molar-refractivity contribution in [3.05, 3.63) is 48.4 Å². The Morgan fingerprint density at radius 2 is 2.35 bits per heavy atom. The standard InChI is InChI=1S/C13H17NO3.C3H6/c1-16-12-7-11(17-13(15)8-12)5-4-10-3-2-6-14-9-10;1-3-2/h2-3,6,8,11,14H,4-5,7,9H2,1H3;3H,1H2,2H3. The van der Waals surface area contributed by atoms with Gasteiger partial charge in [0.2, 0.25) is 0 Å². The molecule has 4 nitrogen and oxygen atoms in total. The Labute approximate surface area is 120 Å². The van der Waals surface area contributed by atoms with Crippen molar-refractivity contribution in [2.24, 2.45) is 0 Å². The van der Waals surface area contributed by atoms with Crippen LogP contribution in [0.2, 0.25) is 0 Å². The van der Waals surface area contributed by atoms with E-state index < -0.39 is 0 Å². The van der Waals surface area contributed by atoms with Gasteiger partial charge in [0.1, 0.15) is 11.9 Å². The molecule has 1 atom stereocenters. The fourth-order valence-corrected chi connectivity index (χ4v) is 1.98. The molecule has 110 valence electrons. The first-order chi connectivity index (χ1) is 9.69. The Kier molecular flexibility index (Phi) is 7.25. The van der Waals surface area contributed by atoms with Gasteiger partial charge in [0.05, 0.1) is 13.2 Å². The minimum atomic E-state index is -0.297. The number of allylic oxidation sites excluding steroid dienone is 3. The van der Waals surface area contributed by atoms with E-state index in [9.17, 15) is 4.79 Å². The lowest BCUT2D eigenvalue weighted by molar-refractivity contribution is -0.145. The van der Waals surface area contributed by atoms with Crippen LogP contribution in [0.15, 0.2) is 48.4 Å². The summed E-state index contributed by atoms with van der Waals surface area (Å²) in [6.07, 6.45) is 11.6. The molecule has 0 aliphatic carbocycles. The van der Waals surface area contributed by atoms with Crippen molar-refractivity contribution < 1.29 is 14.3 Å². The van der Waals surface area contributed by atoms with Crippen molar-refractivity contribution in [1.82, 2.24) is 5.32 Å². The van der Waals surface area contributed by atoms with E-state index in [1.165, 1.54) is 11.6 Å². The first-order valence-corrected chi connectivity index (χ1v) is 6.79. The number of carbonyl (C=O) groups is 1. The summed E-state index contributed by atoms with van der Waals surface area (Å²) in [6, 6.07) is 0. The molecule has 0 saturated heterocycles. The molecule has 1 unspecified atom stereocenters. The molecule has 0 fully saturated rings. The third-order valence-electron chi connectivity index (χ3n) is 2.92. The summed E-state index contributed by atoms with van der Waals surface area (Å²) >= 11 is 0. The van der Waals surface area contributed by atoms with E-state index >= 15 is 0 Å². The van der Waals surface area contributed by atoms with E-state index in [1.807, 2.05) is 19.2 Å². The minimum absolute atomic E-state index is 0.0609. The fourth-order valence-electron chi connectivity index (χ4n) is 1.98. The monoisotopic (exact) mass is 277 g/mol. The number of hydrogen-bond acceptors (Lipinski definition) is 4. The third-order valence-corrected chi connectivity index (χ3v) is 2.92. The van der Waals surface area contributed by atoms with E-state index in [4.69, 9.17) is 9.47 Å². The predicted octanol–water partition coefficient (Wildman–Crippen LogP) is 2.85. The van der Waals surface area contributed by atoms with E-state index in [1.54, 1.807) is 13.2 Å². The predicted molar refractivity (Wildman–Crippen MR) is 79.9 cm³/mol. The van der Waals surface area contributed by atoms with Gasteiger partial charge in [0.15, 0.2) is 0 Å². The summed E-state index contributed by atoms with van der Waals surface area (Å²) in [6.45, 7) is 6.13. The Morgan fingerprint density at radius 3 is 2.95 bits per heavy atom. The zero-order valence-electron chi connectivity index (χ0n) is 12.2. The molecule has 2 aliphatic rings. The molecule has 20 heavy (non-hydrogen) atoms. The van der Waals surface area contributed by atoms with Crippen molar-refractivity contribution in [3.8, 4) is 0 Å². The highest BCUT2D eigenvalue weighted by molar-refractivity contribution is 5.83. The maximum Gasteiger partial charge on any atom is 0.334 e. The minimum Gasteiger partial charge on any atom is -0.501 e. The molecule has 0 amide bonds. The van der Waals surface area contributed by atoms with E-state index in [0.29, 0.717) is 12.2 Å². The number of rotatable bonds is 4. The number of dihydropyridines is 1. The van der Waals surface area contributed by atoms with Crippen molar-refractivity contribution >= 4 is 5.97 Å². The zero-order valence-corrected chi connectivity index (χ0v) is 12.2.